The number of nitrogens with one attached hydrogen (secondary N) is 1. The molecule has 0 bridgehead atoms. The predicted octanol–water partition coefficient (Wildman–Crippen LogP) is 5.12. The first-order chi connectivity index (χ1) is 13.1. The highest BCUT2D eigenvalue weighted by Crippen LogP contribution is 2.23. The zero-order valence-corrected chi connectivity index (χ0v) is 15.9. The van der Waals surface area contributed by atoms with Gasteiger partial charge in [-0.05, 0) is 41.5 Å². The minimum absolute atomic E-state index is 0.274. The van der Waals surface area contributed by atoms with E-state index in [-0.39, 0.29) is 12.4 Å². The SMILES string of the molecule is Fc1cccc(Cl)c1CNc1ccc(Cc2cn(S)c3ncccc23)cn1. The average Bonchev–Trinajstić information content (AvgIpc) is 2.99. The summed E-state index contributed by atoms with van der Waals surface area (Å²) < 4.78 is 15.6. The van der Waals surface area contributed by atoms with Crippen molar-refractivity contribution in [1.29, 1.82) is 0 Å². The molecular weight excluding hydrogens is 383 g/mol. The van der Waals surface area contributed by atoms with E-state index in [4.69, 9.17) is 11.6 Å². The average molecular weight is 399 g/mol. The Morgan fingerprint density at radius 2 is 2.00 bits per heavy atom. The van der Waals surface area contributed by atoms with Crippen LogP contribution in [0.1, 0.15) is 16.7 Å². The molecule has 4 aromatic rings. The quantitative estimate of drug-likeness (QED) is 0.458. The number of thiol groups is 1. The molecule has 0 spiro atoms. The third-order valence-electron chi connectivity index (χ3n) is 4.36. The minimum Gasteiger partial charge on any atom is -0.366 e. The highest BCUT2D eigenvalue weighted by Gasteiger charge is 2.09. The molecule has 1 aromatic carbocycles. The van der Waals surface area contributed by atoms with Gasteiger partial charge in [-0.25, -0.2) is 14.4 Å². The van der Waals surface area contributed by atoms with Gasteiger partial charge in [-0.15, -0.1) is 0 Å². The summed E-state index contributed by atoms with van der Waals surface area (Å²) >= 11 is 10.5. The normalized spacial score (nSPS) is 11.1. The van der Waals surface area contributed by atoms with Gasteiger partial charge in [-0.2, -0.15) is 0 Å². The molecule has 0 radical (unpaired) electrons. The van der Waals surface area contributed by atoms with Gasteiger partial charge in [0.2, 0.25) is 0 Å². The van der Waals surface area contributed by atoms with Gasteiger partial charge < -0.3 is 5.32 Å². The highest BCUT2D eigenvalue weighted by molar-refractivity contribution is 7.78. The summed E-state index contributed by atoms with van der Waals surface area (Å²) in [6.45, 7) is 0.274. The number of rotatable bonds is 5. The number of fused-ring (bicyclic) bond motifs is 1. The lowest BCUT2D eigenvalue weighted by molar-refractivity contribution is 0.613. The third-order valence-corrected chi connectivity index (χ3v) is 5.01. The summed E-state index contributed by atoms with van der Waals surface area (Å²) in [7, 11) is 0. The molecule has 0 fully saturated rings. The standard InChI is InChI=1S/C20H16ClFN4S/c21-17-4-1-5-18(22)16(17)11-25-19-7-6-13(10-24-19)9-14-12-26(27)20-15(14)3-2-8-23-20/h1-8,10,12,27H,9,11H2,(H,24,25). The van der Waals surface area contributed by atoms with Crippen LogP contribution in [0.15, 0.2) is 61.1 Å². The summed E-state index contributed by atoms with van der Waals surface area (Å²) in [6.07, 6.45) is 6.25. The lowest BCUT2D eigenvalue weighted by Gasteiger charge is -2.09. The predicted molar refractivity (Wildman–Crippen MR) is 110 cm³/mol. The fourth-order valence-corrected chi connectivity index (χ4v) is 3.51. The van der Waals surface area contributed by atoms with Crippen LogP contribution in [0, 0.1) is 5.82 Å². The number of halogens is 2. The van der Waals surface area contributed by atoms with Crippen LogP contribution in [-0.4, -0.2) is 13.9 Å². The molecule has 0 saturated heterocycles. The van der Waals surface area contributed by atoms with Crippen LogP contribution in [0.3, 0.4) is 0 Å². The van der Waals surface area contributed by atoms with Gasteiger partial charge >= 0.3 is 0 Å². The topological polar surface area (TPSA) is 42.7 Å². The lowest BCUT2D eigenvalue weighted by atomic mass is 10.1. The number of hydrogen-bond acceptors (Lipinski definition) is 4. The van der Waals surface area contributed by atoms with E-state index >= 15 is 0 Å². The van der Waals surface area contributed by atoms with E-state index in [1.165, 1.54) is 6.07 Å². The van der Waals surface area contributed by atoms with Crippen LogP contribution in [0.2, 0.25) is 5.02 Å². The Balaban J connectivity index is 1.47. The van der Waals surface area contributed by atoms with Crippen LogP contribution >= 0.6 is 24.4 Å². The van der Waals surface area contributed by atoms with Gasteiger partial charge in [0.25, 0.3) is 0 Å². The molecule has 3 aromatic heterocycles. The van der Waals surface area contributed by atoms with Crippen molar-refractivity contribution in [3.63, 3.8) is 0 Å². The zero-order valence-electron chi connectivity index (χ0n) is 14.2. The Morgan fingerprint density at radius 3 is 2.78 bits per heavy atom. The molecule has 136 valence electrons. The fraction of sp³-hybridized carbons (Fsp3) is 0.100. The van der Waals surface area contributed by atoms with E-state index in [0.29, 0.717) is 16.4 Å². The zero-order chi connectivity index (χ0) is 18.8. The third kappa shape index (κ3) is 3.77. The van der Waals surface area contributed by atoms with Gasteiger partial charge in [0.15, 0.2) is 0 Å². The number of anilines is 1. The van der Waals surface area contributed by atoms with Crippen LogP contribution in [0.25, 0.3) is 11.0 Å². The Hall–Kier alpha value is -2.57. The largest absolute Gasteiger partial charge is 0.366 e. The van der Waals surface area contributed by atoms with Crippen molar-refractivity contribution in [1.82, 2.24) is 13.9 Å². The molecule has 0 aliphatic carbocycles. The Bertz CT molecular complexity index is 1070. The van der Waals surface area contributed by atoms with Crippen LogP contribution in [0.5, 0.6) is 0 Å². The van der Waals surface area contributed by atoms with Gasteiger partial charge in [-0.1, -0.05) is 36.5 Å². The first kappa shape index (κ1) is 17.8. The van der Waals surface area contributed by atoms with Crippen molar-refractivity contribution in [3.05, 3.63) is 88.6 Å². The molecule has 7 heteroatoms. The van der Waals surface area contributed by atoms with E-state index in [1.807, 2.05) is 36.7 Å². The van der Waals surface area contributed by atoms with Gasteiger partial charge in [0.05, 0.1) is 0 Å². The summed E-state index contributed by atoms with van der Waals surface area (Å²) in [6, 6.07) is 12.5. The minimum atomic E-state index is -0.330. The molecule has 0 unspecified atom stereocenters. The molecule has 3 heterocycles. The second-order valence-corrected chi connectivity index (χ2v) is 6.99. The molecular formula is C20H16ClFN4S. The van der Waals surface area contributed by atoms with Crippen molar-refractivity contribution in [3.8, 4) is 0 Å². The monoisotopic (exact) mass is 398 g/mol. The molecule has 4 nitrogen and oxygen atoms in total. The number of nitrogens with zero attached hydrogens (tertiary/aromatic N) is 3. The second kappa shape index (κ2) is 7.58. The maximum Gasteiger partial charge on any atom is 0.149 e. The number of aromatic nitrogens is 3. The highest BCUT2D eigenvalue weighted by atomic mass is 35.5. The van der Waals surface area contributed by atoms with Crippen LogP contribution in [-0.2, 0) is 13.0 Å². The van der Waals surface area contributed by atoms with Gasteiger partial charge in [0, 0.05) is 47.5 Å². The molecule has 0 aliphatic heterocycles. The van der Waals surface area contributed by atoms with Crippen LogP contribution < -0.4 is 5.32 Å². The van der Waals surface area contributed by atoms with Crippen molar-refractivity contribution < 1.29 is 4.39 Å². The smallest absolute Gasteiger partial charge is 0.149 e. The Morgan fingerprint density at radius 1 is 1.11 bits per heavy atom. The van der Waals surface area contributed by atoms with Crippen LogP contribution in [0.4, 0.5) is 10.2 Å². The van der Waals surface area contributed by atoms with E-state index in [1.54, 1.807) is 22.3 Å². The van der Waals surface area contributed by atoms with E-state index in [9.17, 15) is 4.39 Å². The van der Waals surface area contributed by atoms with Crippen molar-refractivity contribution in [2.24, 2.45) is 0 Å². The molecule has 0 saturated carbocycles. The van der Waals surface area contributed by atoms with Crippen molar-refractivity contribution in [2.75, 3.05) is 5.32 Å². The summed E-state index contributed by atoms with van der Waals surface area (Å²) in [5.74, 6) is 0.333. The van der Waals surface area contributed by atoms with Gasteiger partial charge in [-0.3, -0.25) is 3.97 Å². The molecule has 27 heavy (non-hydrogen) atoms. The summed E-state index contributed by atoms with van der Waals surface area (Å²) in [5.41, 5.74) is 3.46. The fourth-order valence-electron chi connectivity index (χ4n) is 2.98. The molecule has 4 rings (SSSR count). The van der Waals surface area contributed by atoms with Crippen molar-refractivity contribution in [2.45, 2.75) is 13.0 Å². The number of hydrogen-bond donors (Lipinski definition) is 2. The first-order valence-corrected chi connectivity index (χ1v) is 9.15. The number of benzene rings is 1. The molecule has 0 amide bonds. The van der Waals surface area contributed by atoms with Crippen molar-refractivity contribution >= 4 is 41.3 Å². The van der Waals surface area contributed by atoms with Gasteiger partial charge in [0.1, 0.15) is 17.3 Å². The van der Waals surface area contributed by atoms with E-state index in [0.717, 1.165) is 28.6 Å². The maximum absolute atomic E-state index is 13.8. The second-order valence-electron chi connectivity index (χ2n) is 6.16. The molecule has 0 aliphatic rings. The number of pyridine rings is 2. The molecule has 1 N–H and O–H groups in total. The van der Waals surface area contributed by atoms with E-state index < -0.39 is 0 Å². The molecule has 0 atom stereocenters. The maximum atomic E-state index is 13.8. The summed E-state index contributed by atoms with van der Waals surface area (Å²) in [4.78, 5) is 8.76. The Kier molecular flexibility index (Phi) is 5.01. The summed E-state index contributed by atoms with van der Waals surface area (Å²) in [5, 5.41) is 4.58. The lowest BCUT2D eigenvalue weighted by Crippen LogP contribution is -2.04. The Labute approximate surface area is 166 Å². The first-order valence-electron chi connectivity index (χ1n) is 8.37. The van der Waals surface area contributed by atoms with E-state index in [2.05, 4.69) is 28.1 Å².